The summed E-state index contributed by atoms with van der Waals surface area (Å²) in [7, 11) is 0. The van der Waals surface area contributed by atoms with Gasteiger partial charge in [-0.15, -0.1) is 0 Å². The number of aliphatic hydroxyl groups is 1. The van der Waals surface area contributed by atoms with Crippen LogP contribution in [0.25, 0.3) is 0 Å². The van der Waals surface area contributed by atoms with Crippen molar-refractivity contribution < 1.29 is 14.3 Å². The Morgan fingerprint density at radius 2 is 1.86 bits per heavy atom. The van der Waals surface area contributed by atoms with E-state index in [4.69, 9.17) is 0 Å². The van der Waals surface area contributed by atoms with Crippen LogP contribution in [0.4, 0.5) is 4.39 Å². The molecular formula is C17H24FNO2. The van der Waals surface area contributed by atoms with Gasteiger partial charge in [0.2, 0.25) is 5.91 Å². The molecule has 0 aliphatic heterocycles. The van der Waals surface area contributed by atoms with E-state index in [1.165, 1.54) is 12.1 Å². The summed E-state index contributed by atoms with van der Waals surface area (Å²) >= 11 is 0. The topological polar surface area (TPSA) is 49.3 Å². The molecule has 1 aliphatic rings. The Hall–Kier alpha value is -1.42. The lowest BCUT2D eigenvalue weighted by atomic mass is 9.83. The van der Waals surface area contributed by atoms with E-state index in [0.717, 1.165) is 31.2 Å². The molecular weight excluding hydrogens is 269 g/mol. The monoisotopic (exact) mass is 293 g/mol. The predicted molar refractivity (Wildman–Crippen MR) is 80.4 cm³/mol. The molecule has 1 aromatic carbocycles. The zero-order valence-corrected chi connectivity index (χ0v) is 12.8. The third kappa shape index (κ3) is 3.10. The van der Waals surface area contributed by atoms with Gasteiger partial charge in [0.15, 0.2) is 0 Å². The normalized spacial score (nSPS) is 16.6. The molecule has 0 heterocycles. The van der Waals surface area contributed by atoms with Gasteiger partial charge in [0.25, 0.3) is 0 Å². The highest BCUT2D eigenvalue weighted by Crippen LogP contribution is 2.48. The van der Waals surface area contributed by atoms with Crippen LogP contribution >= 0.6 is 0 Å². The number of halogens is 1. The van der Waals surface area contributed by atoms with Crippen LogP contribution in [0.2, 0.25) is 0 Å². The molecule has 2 N–H and O–H groups in total. The summed E-state index contributed by atoms with van der Waals surface area (Å²) in [5.41, 5.74) is 0.147. The maximum absolute atomic E-state index is 13.0. The summed E-state index contributed by atoms with van der Waals surface area (Å²) in [6, 6.07) is 6.19. The first-order valence-electron chi connectivity index (χ1n) is 7.67. The maximum atomic E-state index is 13.0. The van der Waals surface area contributed by atoms with Crippen LogP contribution < -0.4 is 5.32 Å². The van der Waals surface area contributed by atoms with Crippen molar-refractivity contribution in [3.8, 4) is 0 Å². The third-order valence-electron chi connectivity index (χ3n) is 5.04. The van der Waals surface area contributed by atoms with Gasteiger partial charge in [0.05, 0.1) is 12.0 Å². The second-order valence-electron chi connectivity index (χ2n) is 6.14. The number of hydrogen-bond acceptors (Lipinski definition) is 2. The molecule has 0 spiro atoms. The first-order valence-corrected chi connectivity index (χ1v) is 7.67. The quantitative estimate of drug-likeness (QED) is 0.812. The number of aliphatic hydroxyl groups excluding tert-OH is 1. The lowest BCUT2D eigenvalue weighted by molar-refractivity contribution is -0.124. The molecule has 1 aromatic rings. The van der Waals surface area contributed by atoms with E-state index in [1.54, 1.807) is 12.1 Å². The second kappa shape index (κ2) is 6.14. The number of hydrogen-bond donors (Lipinski definition) is 2. The fraction of sp³-hybridized carbons (Fsp3) is 0.588. The Morgan fingerprint density at radius 3 is 2.29 bits per heavy atom. The Bertz CT molecular complexity index is 482. The summed E-state index contributed by atoms with van der Waals surface area (Å²) in [5, 5.41) is 12.6. The van der Waals surface area contributed by atoms with E-state index in [1.807, 2.05) is 13.8 Å². The number of benzene rings is 1. The molecule has 3 nitrogen and oxygen atoms in total. The summed E-state index contributed by atoms with van der Waals surface area (Å²) in [6.07, 6.45) is 3.25. The fourth-order valence-electron chi connectivity index (χ4n) is 2.76. The van der Waals surface area contributed by atoms with Crippen LogP contribution in [-0.2, 0) is 10.2 Å². The van der Waals surface area contributed by atoms with Crippen molar-refractivity contribution in [3.05, 3.63) is 35.6 Å². The summed E-state index contributed by atoms with van der Waals surface area (Å²) in [4.78, 5) is 12.5. The van der Waals surface area contributed by atoms with Gasteiger partial charge < -0.3 is 10.4 Å². The number of nitrogens with one attached hydrogen (secondary N) is 1. The highest BCUT2D eigenvalue weighted by Gasteiger charge is 2.51. The first kappa shape index (κ1) is 16.0. The average molecular weight is 293 g/mol. The van der Waals surface area contributed by atoms with Crippen LogP contribution in [0.3, 0.4) is 0 Å². The van der Waals surface area contributed by atoms with Crippen molar-refractivity contribution in [2.45, 2.75) is 44.9 Å². The summed E-state index contributed by atoms with van der Waals surface area (Å²) < 4.78 is 13.0. The molecule has 2 rings (SSSR count). The Labute approximate surface area is 125 Å². The number of rotatable bonds is 7. The molecule has 1 fully saturated rings. The molecule has 0 radical (unpaired) electrons. The van der Waals surface area contributed by atoms with Crippen molar-refractivity contribution in [1.82, 2.24) is 5.32 Å². The molecule has 1 saturated carbocycles. The van der Waals surface area contributed by atoms with Gasteiger partial charge in [-0.05, 0) is 43.4 Å². The van der Waals surface area contributed by atoms with Crippen LogP contribution in [0.15, 0.2) is 24.3 Å². The zero-order valence-electron chi connectivity index (χ0n) is 12.8. The Kier molecular flexibility index (Phi) is 4.67. The van der Waals surface area contributed by atoms with Gasteiger partial charge in [-0.3, -0.25) is 4.79 Å². The van der Waals surface area contributed by atoms with Gasteiger partial charge in [0, 0.05) is 12.0 Å². The highest BCUT2D eigenvalue weighted by molar-refractivity contribution is 5.91. The molecule has 0 atom stereocenters. The zero-order chi connectivity index (χ0) is 15.5. The molecule has 0 unspecified atom stereocenters. The minimum Gasteiger partial charge on any atom is -0.396 e. The average Bonchev–Trinajstić information content (AvgIpc) is 3.31. The number of carbonyl (C=O) groups is 1. The molecule has 0 aromatic heterocycles. The lowest BCUT2D eigenvalue weighted by Crippen LogP contribution is -2.43. The number of amides is 1. The molecule has 1 aliphatic carbocycles. The molecule has 21 heavy (non-hydrogen) atoms. The van der Waals surface area contributed by atoms with Gasteiger partial charge in [-0.2, -0.15) is 0 Å². The van der Waals surface area contributed by atoms with E-state index >= 15 is 0 Å². The SMILES string of the molecule is CCC(CC)(CO)CNC(=O)C1(c2ccc(F)cc2)CC1. The molecule has 116 valence electrons. The Balaban J connectivity index is 2.05. The molecule has 0 bridgehead atoms. The minimum absolute atomic E-state index is 0.00571. The van der Waals surface area contributed by atoms with Gasteiger partial charge in [0.1, 0.15) is 5.82 Å². The van der Waals surface area contributed by atoms with Crippen LogP contribution in [-0.4, -0.2) is 24.2 Å². The predicted octanol–water partition coefficient (Wildman–Crippen LogP) is 2.77. The lowest BCUT2D eigenvalue weighted by Gasteiger charge is -2.30. The summed E-state index contributed by atoms with van der Waals surface area (Å²) in [5.74, 6) is -0.292. The summed E-state index contributed by atoms with van der Waals surface area (Å²) in [6.45, 7) is 4.61. The highest BCUT2D eigenvalue weighted by atomic mass is 19.1. The van der Waals surface area contributed by atoms with Crippen molar-refractivity contribution in [2.24, 2.45) is 5.41 Å². The number of carbonyl (C=O) groups excluding carboxylic acids is 1. The first-order chi connectivity index (χ1) is 10.0. The third-order valence-corrected chi connectivity index (χ3v) is 5.04. The fourth-order valence-corrected chi connectivity index (χ4v) is 2.76. The van der Waals surface area contributed by atoms with Gasteiger partial charge >= 0.3 is 0 Å². The van der Waals surface area contributed by atoms with E-state index in [2.05, 4.69) is 5.32 Å². The van der Waals surface area contributed by atoms with E-state index < -0.39 is 5.41 Å². The van der Waals surface area contributed by atoms with E-state index in [0.29, 0.717) is 6.54 Å². The van der Waals surface area contributed by atoms with E-state index in [-0.39, 0.29) is 23.7 Å². The van der Waals surface area contributed by atoms with Crippen molar-refractivity contribution in [3.63, 3.8) is 0 Å². The molecule has 0 saturated heterocycles. The second-order valence-corrected chi connectivity index (χ2v) is 6.14. The molecule has 1 amide bonds. The standard InChI is InChI=1S/C17H24FNO2/c1-3-16(4-2,12-20)11-19-15(21)17(9-10-17)13-5-7-14(18)8-6-13/h5-8,20H,3-4,9-12H2,1-2H3,(H,19,21). The van der Waals surface area contributed by atoms with Crippen molar-refractivity contribution in [1.29, 1.82) is 0 Å². The smallest absolute Gasteiger partial charge is 0.230 e. The van der Waals surface area contributed by atoms with Crippen LogP contribution in [0.1, 0.15) is 45.1 Å². The van der Waals surface area contributed by atoms with Gasteiger partial charge in [-0.1, -0.05) is 26.0 Å². The van der Waals surface area contributed by atoms with Crippen LogP contribution in [0.5, 0.6) is 0 Å². The van der Waals surface area contributed by atoms with Gasteiger partial charge in [-0.25, -0.2) is 4.39 Å². The Morgan fingerprint density at radius 1 is 1.29 bits per heavy atom. The van der Waals surface area contributed by atoms with Crippen molar-refractivity contribution in [2.75, 3.05) is 13.2 Å². The maximum Gasteiger partial charge on any atom is 0.230 e. The van der Waals surface area contributed by atoms with E-state index in [9.17, 15) is 14.3 Å². The minimum atomic E-state index is -0.490. The largest absolute Gasteiger partial charge is 0.396 e. The van der Waals surface area contributed by atoms with Crippen molar-refractivity contribution >= 4 is 5.91 Å². The molecule has 4 heteroatoms. The van der Waals surface area contributed by atoms with Crippen LogP contribution in [0, 0.1) is 11.2 Å².